The highest BCUT2D eigenvalue weighted by Gasteiger charge is 2.26. The van der Waals surface area contributed by atoms with Crippen LogP contribution >= 0.6 is 0 Å². The molecule has 0 saturated carbocycles. The first-order valence-corrected chi connectivity index (χ1v) is 9.46. The van der Waals surface area contributed by atoms with Crippen molar-refractivity contribution >= 4 is 15.9 Å². The molecule has 2 heterocycles. The number of nitrogens with two attached hydrogens (primary N) is 1. The molecule has 9 heteroatoms. The summed E-state index contributed by atoms with van der Waals surface area (Å²) in [5.41, 5.74) is 0.846. The Kier molecular flexibility index (Phi) is 5.01. The van der Waals surface area contributed by atoms with Crippen LogP contribution < -0.4 is 19.9 Å². The third kappa shape index (κ3) is 3.73. The smallest absolute Gasteiger partial charge is 0.255 e. The number of hydrogen-bond acceptors (Lipinski definition) is 5. The minimum atomic E-state index is -4.01. The van der Waals surface area contributed by atoms with Crippen LogP contribution in [0.1, 0.15) is 28.5 Å². The Morgan fingerprint density at radius 3 is 2.81 bits per heavy atom. The summed E-state index contributed by atoms with van der Waals surface area (Å²) < 4.78 is 34.4. The lowest BCUT2D eigenvalue weighted by Gasteiger charge is -2.23. The molecule has 0 fully saturated rings. The van der Waals surface area contributed by atoms with Gasteiger partial charge >= 0.3 is 0 Å². The molecule has 1 aliphatic heterocycles. The number of primary sulfonamides is 1. The van der Waals surface area contributed by atoms with Crippen LogP contribution in [-0.2, 0) is 10.0 Å². The summed E-state index contributed by atoms with van der Waals surface area (Å²) in [7, 11) is -4.01. The number of rotatable bonds is 6. The number of benzene rings is 1. The fourth-order valence-corrected chi connectivity index (χ4v) is 3.24. The van der Waals surface area contributed by atoms with Crippen molar-refractivity contribution in [3.8, 4) is 11.5 Å². The van der Waals surface area contributed by atoms with Gasteiger partial charge in [-0.3, -0.25) is 4.79 Å². The van der Waals surface area contributed by atoms with E-state index in [4.69, 9.17) is 14.6 Å². The minimum Gasteiger partial charge on any atom is -0.486 e. The Labute approximate surface area is 151 Å². The predicted molar refractivity (Wildman–Crippen MR) is 94.6 cm³/mol. The molecule has 3 rings (SSSR count). The van der Waals surface area contributed by atoms with E-state index >= 15 is 0 Å². The summed E-state index contributed by atoms with van der Waals surface area (Å²) in [6.07, 6.45) is 3.92. The van der Waals surface area contributed by atoms with Crippen LogP contribution in [0.4, 0.5) is 0 Å². The van der Waals surface area contributed by atoms with Gasteiger partial charge in [-0.1, -0.05) is 6.08 Å². The molecule has 1 atom stereocenters. The van der Waals surface area contributed by atoms with Crippen molar-refractivity contribution in [1.29, 1.82) is 0 Å². The highest BCUT2D eigenvalue weighted by Crippen LogP contribution is 2.36. The quantitative estimate of drug-likeness (QED) is 0.658. The number of amides is 1. The molecule has 4 N–H and O–H groups in total. The monoisotopic (exact) mass is 377 g/mol. The molecule has 0 bridgehead atoms. The number of fused-ring (bicyclic) bond motifs is 1. The molecule has 2 aromatic rings. The maximum atomic E-state index is 12.8. The third-order valence-corrected chi connectivity index (χ3v) is 4.79. The van der Waals surface area contributed by atoms with Crippen molar-refractivity contribution in [3.05, 3.63) is 54.4 Å². The summed E-state index contributed by atoms with van der Waals surface area (Å²) in [5.74, 6) is -0.128. The molecule has 0 spiro atoms. The van der Waals surface area contributed by atoms with E-state index in [-0.39, 0.29) is 41.2 Å². The van der Waals surface area contributed by atoms with Crippen LogP contribution in [0.2, 0.25) is 0 Å². The summed E-state index contributed by atoms with van der Waals surface area (Å²) in [5, 5.41) is 8.06. The van der Waals surface area contributed by atoms with E-state index in [0.29, 0.717) is 6.42 Å². The molecule has 0 radical (unpaired) electrons. The molecule has 1 unspecified atom stereocenters. The normalized spacial score (nSPS) is 14.5. The van der Waals surface area contributed by atoms with E-state index < -0.39 is 15.9 Å². The lowest BCUT2D eigenvalue weighted by atomic mass is 10.1. The second-order valence-corrected chi connectivity index (χ2v) is 7.28. The molecule has 8 nitrogen and oxygen atoms in total. The zero-order valence-corrected chi connectivity index (χ0v) is 14.7. The first-order valence-electron chi connectivity index (χ1n) is 7.91. The molecule has 1 aromatic carbocycles. The van der Waals surface area contributed by atoms with E-state index in [2.05, 4.69) is 16.9 Å². The molecule has 1 aliphatic rings. The molecule has 0 saturated heterocycles. The predicted octanol–water partition coefficient (Wildman–Crippen LogP) is 1.48. The average Bonchev–Trinajstić information content (AvgIpc) is 3.14. The fourth-order valence-electron chi connectivity index (χ4n) is 2.69. The van der Waals surface area contributed by atoms with Gasteiger partial charge in [0.25, 0.3) is 5.91 Å². The Balaban J connectivity index is 1.98. The van der Waals surface area contributed by atoms with Gasteiger partial charge in [0.2, 0.25) is 10.0 Å². The fraction of sp³-hybridized carbons (Fsp3) is 0.235. The first-order chi connectivity index (χ1) is 12.4. The Bertz CT molecular complexity index is 922. The minimum absolute atomic E-state index is 0.0480. The van der Waals surface area contributed by atoms with Crippen LogP contribution in [0.25, 0.3) is 0 Å². The highest BCUT2D eigenvalue weighted by molar-refractivity contribution is 7.89. The van der Waals surface area contributed by atoms with Crippen molar-refractivity contribution in [2.24, 2.45) is 5.14 Å². The maximum absolute atomic E-state index is 12.8. The molecule has 0 aliphatic carbocycles. The maximum Gasteiger partial charge on any atom is 0.255 e. The summed E-state index contributed by atoms with van der Waals surface area (Å²) in [6, 6.07) is 5.75. The number of nitrogens with one attached hydrogen (secondary N) is 2. The molecular formula is C17H19N3O5S. The van der Waals surface area contributed by atoms with Crippen molar-refractivity contribution in [2.45, 2.75) is 17.4 Å². The van der Waals surface area contributed by atoms with Gasteiger partial charge in [-0.25, -0.2) is 13.6 Å². The van der Waals surface area contributed by atoms with Crippen LogP contribution in [-0.4, -0.2) is 32.5 Å². The van der Waals surface area contributed by atoms with E-state index in [9.17, 15) is 13.2 Å². The summed E-state index contributed by atoms with van der Waals surface area (Å²) in [6.45, 7) is 4.21. The standard InChI is InChI=1S/C17H19N3O5S/c1-2-4-14(13-5-3-6-19-13)20-17(21)12-9-11(26(18,22)23)10-15-16(12)25-8-7-24-15/h2-3,5-6,9-10,14,19H,1,4,7-8H2,(H,20,21)(H2,18,22,23). The van der Waals surface area contributed by atoms with Gasteiger partial charge < -0.3 is 19.8 Å². The second-order valence-electron chi connectivity index (χ2n) is 5.72. The average molecular weight is 377 g/mol. The van der Waals surface area contributed by atoms with Gasteiger partial charge in [-0.15, -0.1) is 6.58 Å². The number of sulfonamides is 1. The van der Waals surface area contributed by atoms with Gasteiger partial charge in [-0.05, 0) is 24.6 Å². The van der Waals surface area contributed by atoms with Crippen LogP contribution in [0.15, 0.2) is 48.0 Å². The lowest BCUT2D eigenvalue weighted by molar-refractivity contribution is 0.0924. The topological polar surface area (TPSA) is 124 Å². The van der Waals surface area contributed by atoms with E-state index in [0.717, 1.165) is 5.69 Å². The lowest BCUT2D eigenvalue weighted by Crippen LogP contribution is -2.30. The SMILES string of the molecule is C=CCC(NC(=O)c1cc(S(N)(=O)=O)cc2c1OCCO2)c1ccc[nH]1. The number of aromatic nitrogens is 1. The van der Waals surface area contributed by atoms with E-state index in [1.165, 1.54) is 12.1 Å². The van der Waals surface area contributed by atoms with Crippen molar-refractivity contribution in [1.82, 2.24) is 10.3 Å². The van der Waals surface area contributed by atoms with Crippen molar-refractivity contribution < 1.29 is 22.7 Å². The molecular weight excluding hydrogens is 358 g/mol. The molecule has 26 heavy (non-hydrogen) atoms. The van der Waals surface area contributed by atoms with Crippen molar-refractivity contribution in [3.63, 3.8) is 0 Å². The second kappa shape index (κ2) is 7.22. The Morgan fingerprint density at radius 2 is 2.15 bits per heavy atom. The number of carbonyl (C=O) groups excluding carboxylic acids is 1. The van der Waals surface area contributed by atoms with Gasteiger partial charge in [-0.2, -0.15) is 0 Å². The van der Waals surface area contributed by atoms with Gasteiger partial charge in [0.05, 0.1) is 16.5 Å². The zero-order chi connectivity index (χ0) is 18.7. The van der Waals surface area contributed by atoms with Crippen LogP contribution in [0, 0.1) is 0 Å². The number of carbonyl (C=O) groups is 1. The molecule has 138 valence electrons. The Morgan fingerprint density at radius 1 is 1.38 bits per heavy atom. The highest BCUT2D eigenvalue weighted by atomic mass is 32.2. The number of H-pyrrole nitrogens is 1. The van der Waals surface area contributed by atoms with Gasteiger partial charge in [0.1, 0.15) is 13.2 Å². The van der Waals surface area contributed by atoms with Gasteiger partial charge in [0.15, 0.2) is 11.5 Å². The van der Waals surface area contributed by atoms with Crippen molar-refractivity contribution in [2.75, 3.05) is 13.2 Å². The molecule has 1 amide bonds. The van der Waals surface area contributed by atoms with Crippen LogP contribution in [0.3, 0.4) is 0 Å². The first kappa shape index (κ1) is 18.0. The zero-order valence-electron chi connectivity index (χ0n) is 13.9. The summed E-state index contributed by atoms with van der Waals surface area (Å²) in [4.78, 5) is 15.7. The molecule has 1 aromatic heterocycles. The van der Waals surface area contributed by atoms with E-state index in [1.807, 2.05) is 12.1 Å². The number of ether oxygens (including phenoxy) is 2. The summed E-state index contributed by atoms with van der Waals surface area (Å²) >= 11 is 0. The van der Waals surface area contributed by atoms with E-state index in [1.54, 1.807) is 12.3 Å². The van der Waals surface area contributed by atoms with Gasteiger partial charge in [0, 0.05) is 18.0 Å². The number of aromatic amines is 1. The third-order valence-electron chi connectivity index (χ3n) is 3.89. The van der Waals surface area contributed by atoms with Crippen LogP contribution in [0.5, 0.6) is 11.5 Å². The number of hydrogen-bond donors (Lipinski definition) is 3. The largest absolute Gasteiger partial charge is 0.486 e. The Hall–Kier alpha value is -2.78.